The molecular formula is C31H40BN5O5. The van der Waals surface area contributed by atoms with Gasteiger partial charge in [0.1, 0.15) is 5.69 Å². The third-order valence-corrected chi connectivity index (χ3v) is 7.21. The van der Waals surface area contributed by atoms with E-state index < -0.39 is 24.6 Å². The van der Waals surface area contributed by atoms with Crippen LogP contribution >= 0.6 is 0 Å². The largest absolute Gasteiger partial charge is 0.475 e. The molecule has 3 aromatic rings. The number of amides is 2. The van der Waals surface area contributed by atoms with Crippen LogP contribution in [0, 0.1) is 12.8 Å². The van der Waals surface area contributed by atoms with Gasteiger partial charge in [0, 0.05) is 24.4 Å². The van der Waals surface area contributed by atoms with Gasteiger partial charge in [0.25, 0.3) is 11.8 Å². The van der Waals surface area contributed by atoms with Crippen LogP contribution in [-0.4, -0.2) is 62.6 Å². The molecular weight excluding hydrogens is 533 g/mol. The molecule has 0 bridgehead atoms. The standard InChI is InChI=1S/C31H40BN5O5/c1-20(2)14-28(32(40)41)34-30(39)31(17-23-11-9-10-22(5)15-23)18-25(36-42-31)19-33-29(38)27-16-26(35-37(27)21(3)4)24-12-7-6-8-13-24/h6-13,15-16,20-21,28,40-41H,14,17-19H2,1-5H3,(H,33,38)(H,34,39). The molecule has 4 N–H and O–H groups in total. The van der Waals surface area contributed by atoms with E-state index in [9.17, 15) is 19.6 Å². The van der Waals surface area contributed by atoms with Crippen LogP contribution in [-0.2, 0) is 16.1 Å². The number of nitrogens with one attached hydrogen (secondary N) is 2. The minimum Gasteiger partial charge on any atom is -0.426 e. The summed E-state index contributed by atoms with van der Waals surface area (Å²) < 4.78 is 1.69. The Morgan fingerprint density at radius 3 is 2.45 bits per heavy atom. The summed E-state index contributed by atoms with van der Waals surface area (Å²) in [6.07, 6.45) is 0.724. The van der Waals surface area contributed by atoms with Crippen molar-refractivity contribution in [1.29, 1.82) is 0 Å². The molecule has 0 aliphatic carbocycles. The molecule has 0 saturated carbocycles. The number of carbonyl (C=O) groups excluding carboxylic acids is 2. The molecule has 2 unspecified atom stereocenters. The number of oxime groups is 1. The van der Waals surface area contributed by atoms with E-state index >= 15 is 0 Å². The molecule has 10 nitrogen and oxygen atoms in total. The SMILES string of the molecule is Cc1cccc(CC2(C(=O)NC(CC(C)C)B(O)O)CC(CNC(=O)c3cc(-c4ccccc4)nn3C(C)C)=NO2)c1. The molecule has 0 radical (unpaired) electrons. The highest BCUT2D eigenvalue weighted by Crippen LogP contribution is 2.30. The highest BCUT2D eigenvalue weighted by Gasteiger charge is 2.48. The third kappa shape index (κ3) is 7.46. The molecule has 42 heavy (non-hydrogen) atoms. The average molecular weight is 574 g/mol. The summed E-state index contributed by atoms with van der Waals surface area (Å²) >= 11 is 0. The minimum atomic E-state index is -1.72. The van der Waals surface area contributed by atoms with Crippen molar-refractivity contribution < 1.29 is 24.5 Å². The fraction of sp³-hybridized carbons (Fsp3) is 0.419. The first-order valence-electron chi connectivity index (χ1n) is 14.4. The Morgan fingerprint density at radius 2 is 1.81 bits per heavy atom. The molecule has 0 spiro atoms. The number of aromatic nitrogens is 2. The van der Waals surface area contributed by atoms with E-state index in [4.69, 9.17) is 4.84 Å². The Balaban J connectivity index is 1.51. The average Bonchev–Trinajstić information content (AvgIpc) is 3.57. The molecule has 1 aliphatic heterocycles. The van der Waals surface area contributed by atoms with Crippen molar-refractivity contribution in [3.05, 3.63) is 77.5 Å². The number of carbonyl (C=O) groups is 2. The van der Waals surface area contributed by atoms with Crippen LogP contribution in [0.3, 0.4) is 0 Å². The Kier molecular flexibility index (Phi) is 9.85. The van der Waals surface area contributed by atoms with Crippen LogP contribution in [0.2, 0.25) is 0 Å². The molecule has 11 heteroatoms. The van der Waals surface area contributed by atoms with Gasteiger partial charge >= 0.3 is 7.12 Å². The van der Waals surface area contributed by atoms with E-state index in [1.807, 2.05) is 89.2 Å². The second-order valence-electron chi connectivity index (χ2n) is 11.7. The smallest absolute Gasteiger partial charge is 0.426 e. The van der Waals surface area contributed by atoms with Crippen LogP contribution in [0.15, 0.2) is 65.8 Å². The van der Waals surface area contributed by atoms with Gasteiger partial charge in [-0.2, -0.15) is 5.10 Å². The molecule has 0 fully saturated rings. The lowest BCUT2D eigenvalue weighted by Gasteiger charge is -2.29. The summed E-state index contributed by atoms with van der Waals surface area (Å²) in [5, 5.41) is 34.4. The molecule has 2 aromatic carbocycles. The molecule has 4 rings (SSSR count). The Morgan fingerprint density at radius 1 is 1.07 bits per heavy atom. The van der Waals surface area contributed by atoms with Crippen molar-refractivity contribution in [2.75, 3.05) is 6.54 Å². The van der Waals surface area contributed by atoms with Gasteiger partial charge in [0.2, 0.25) is 5.60 Å². The fourth-order valence-corrected chi connectivity index (χ4v) is 5.13. The normalized spacial score (nSPS) is 17.1. The summed E-state index contributed by atoms with van der Waals surface area (Å²) in [4.78, 5) is 32.9. The van der Waals surface area contributed by atoms with Gasteiger partial charge in [-0.1, -0.05) is 79.2 Å². The van der Waals surface area contributed by atoms with E-state index in [0.717, 1.165) is 16.7 Å². The van der Waals surface area contributed by atoms with E-state index in [0.29, 0.717) is 23.5 Å². The molecule has 222 valence electrons. The molecule has 2 atom stereocenters. The van der Waals surface area contributed by atoms with Crippen LogP contribution in [0.4, 0.5) is 0 Å². The first-order valence-corrected chi connectivity index (χ1v) is 14.4. The summed E-state index contributed by atoms with van der Waals surface area (Å²) in [5.41, 5.74) is 3.04. The number of rotatable bonds is 12. The van der Waals surface area contributed by atoms with Crippen LogP contribution < -0.4 is 10.6 Å². The van der Waals surface area contributed by atoms with Gasteiger partial charge in [-0.15, -0.1) is 0 Å². The van der Waals surface area contributed by atoms with E-state index in [1.54, 1.807) is 10.7 Å². The maximum atomic E-state index is 13.7. The van der Waals surface area contributed by atoms with Crippen LogP contribution in [0.1, 0.15) is 68.2 Å². The van der Waals surface area contributed by atoms with Crippen molar-refractivity contribution >= 4 is 24.6 Å². The van der Waals surface area contributed by atoms with Crippen LogP contribution in [0.5, 0.6) is 0 Å². The first-order chi connectivity index (χ1) is 20.0. The van der Waals surface area contributed by atoms with Gasteiger partial charge in [0.15, 0.2) is 0 Å². The molecule has 0 saturated heterocycles. The van der Waals surface area contributed by atoms with Crippen molar-refractivity contribution in [2.45, 2.75) is 71.5 Å². The number of nitrogens with zero attached hydrogens (tertiary/aromatic N) is 3. The van der Waals surface area contributed by atoms with Gasteiger partial charge in [-0.25, -0.2) is 0 Å². The molecule has 1 aromatic heterocycles. The first kappa shape index (κ1) is 31.0. The zero-order chi connectivity index (χ0) is 30.4. The third-order valence-electron chi connectivity index (χ3n) is 7.21. The highest BCUT2D eigenvalue weighted by atomic mass is 16.7. The summed E-state index contributed by atoms with van der Waals surface area (Å²) in [6.45, 7) is 9.84. The molecule has 1 aliphatic rings. The van der Waals surface area contributed by atoms with Gasteiger partial charge in [0.05, 0.1) is 23.9 Å². The van der Waals surface area contributed by atoms with Crippen molar-refractivity contribution in [3.8, 4) is 11.3 Å². The lowest BCUT2D eigenvalue weighted by Crippen LogP contribution is -2.56. The predicted octanol–water partition coefficient (Wildman–Crippen LogP) is 3.47. The Hall–Kier alpha value is -3.96. The predicted molar refractivity (Wildman–Crippen MR) is 163 cm³/mol. The maximum absolute atomic E-state index is 13.7. The van der Waals surface area contributed by atoms with E-state index in [2.05, 4.69) is 20.9 Å². The molecule has 2 heterocycles. The van der Waals surface area contributed by atoms with Gasteiger partial charge in [-0.3, -0.25) is 14.3 Å². The van der Waals surface area contributed by atoms with Crippen molar-refractivity contribution in [3.63, 3.8) is 0 Å². The zero-order valence-corrected chi connectivity index (χ0v) is 24.9. The van der Waals surface area contributed by atoms with Crippen molar-refractivity contribution in [2.24, 2.45) is 11.1 Å². The molecule has 2 amide bonds. The topological polar surface area (TPSA) is 138 Å². The second-order valence-corrected chi connectivity index (χ2v) is 11.7. The zero-order valence-electron chi connectivity index (χ0n) is 24.9. The quantitative estimate of drug-likeness (QED) is 0.245. The van der Waals surface area contributed by atoms with Gasteiger partial charge < -0.3 is 25.5 Å². The number of hydrogen-bond acceptors (Lipinski definition) is 7. The number of benzene rings is 2. The number of hydrogen-bond donors (Lipinski definition) is 4. The number of aryl methyl sites for hydroxylation is 1. The summed E-state index contributed by atoms with van der Waals surface area (Å²) in [7, 11) is -1.72. The lowest BCUT2D eigenvalue weighted by molar-refractivity contribution is -0.144. The highest BCUT2D eigenvalue weighted by molar-refractivity contribution is 6.43. The monoisotopic (exact) mass is 573 g/mol. The van der Waals surface area contributed by atoms with E-state index in [1.165, 1.54) is 0 Å². The lowest BCUT2D eigenvalue weighted by atomic mass is 9.74. The Labute approximate surface area is 247 Å². The fourth-order valence-electron chi connectivity index (χ4n) is 5.13. The van der Waals surface area contributed by atoms with Crippen molar-refractivity contribution in [1.82, 2.24) is 20.4 Å². The van der Waals surface area contributed by atoms with Gasteiger partial charge in [-0.05, 0) is 44.7 Å². The minimum absolute atomic E-state index is 0.0401. The van der Waals surface area contributed by atoms with Crippen LogP contribution in [0.25, 0.3) is 11.3 Å². The summed E-state index contributed by atoms with van der Waals surface area (Å²) in [5.74, 6) is -1.55. The summed E-state index contributed by atoms with van der Waals surface area (Å²) in [6, 6.07) is 19.2. The van der Waals surface area contributed by atoms with E-state index in [-0.39, 0.29) is 37.3 Å². The Bertz CT molecular complexity index is 1420. The second kappa shape index (κ2) is 13.3. The maximum Gasteiger partial charge on any atom is 0.475 e.